The molecule has 12 heteroatoms. The highest BCUT2D eigenvalue weighted by molar-refractivity contribution is 6.47. The molecule has 3 amide bonds. The molecule has 2 saturated heterocycles. The minimum Gasteiger partial charge on any atom is -0.488 e. The zero-order valence-corrected chi connectivity index (χ0v) is 34.4. The fraction of sp³-hybridized carbons (Fsp3) is 0.478. The van der Waals surface area contributed by atoms with Crippen molar-refractivity contribution in [1.29, 1.82) is 0 Å². The van der Waals surface area contributed by atoms with Gasteiger partial charge < -0.3 is 34.3 Å². The first kappa shape index (κ1) is 39.9. The summed E-state index contributed by atoms with van der Waals surface area (Å²) in [5.74, 6) is 0.155. The maximum atomic E-state index is 14.6. The topological polar surface area (TPSA) is 128 Å². The van der Waals surface area contributed by atoms with Crippen molar-refractivity contribution in [3.63, 3.8) is 0 Å². The number of nitrogens with one attached hydrogen (secondary N) is 2. The van der Waals surface area contributed by atoms with E-state index in [1.807, 2.05) is 112 Å². The first-order valence-electron chi connectivity index (χ1n) is 20.9. The summed E-state index contributed by atoms with van der Waals surface area (Å²) in [5.41, 5.74) is 3.06. The fourth-order valence-corrected chi connectivity index (χ4v) is 9.85. The van der Waals surface area contributed by atoms with Gasteiger partial charge >= 0.3 is 13.2 Å². The quantitative estimate of drug-likeness (QED) is 0.143. The molecule has 11 nitrogen and oxygen atoms in total. The minimum atomic E-state index is -0.954. The van der Waals surface area contributed by atoms with E-state index in [4.69, 9.17) is 23.8 Å². The van der Waals surface area contributed by atoms with Crippen molar-refractivity contribution in [1.82, 2.24) is 20.5 Å². The maximum Gasteiger partial charge on any atom is 0.481 e. The van der Waals surface area contributed by atoms with Crippen LogP contribution in [0, 0.1) is 23.2 Å². The number of aromatic nitrogens is 1. The summed E-state index contributed by atoms with van der Waals surface area (Å²) >= 11 is 0. The molecule has 3 heterocycles. The van der Waals surface area contributed by atoms with E-state index in [1.165, 1.54) is 0 Å². The average molecular weight is 787 g/mol. The van der Waals surface area contributed by atoms with E-state index < -0.39 is 42.9 Å². The van der Waals surface area contributed by atoms with Gasteiger partial charge in [0, 0.05) is 23.4 Å². The van der Waals surface area contributed by atoms with E-state index >= 15 is 0 Å². The number of carbonyl (C=O) groups is 3. The number of hydrogen-bond acceptors (Lipinski definition) is 8. The van der Waals surface area contributed by atoms with Gasteiger partial charge in [0.15, 0.2) is 0 Å². The molecule has 2 aliphatic heterocycles. The predicted molar refractivity (Wildman–Crippen MR) is 222 cm³/mol. The van der Waals surface area contributed by atoms with Gasteiger partial charge in [0.05, 0.1) is 35.4 Å². The van der Waals surface area contributed by atoms with E-state index in [0.717, 1.165) is 40.6 Å². The van der Waals surface area contributed by atoms with Crippen molar-refractivity contribution in [2.45, 2.75) is 110 Å². The predicted octanol–water partition coefficient (Wildman–Crippen LogP) is 7.36. The molecule has 9 rings (SSSR count). The van der Waals surface area contributed by atoms with Crippen molar-refractivity contribution >= 4 is 35.9 Å². The first-order valence-corrected chi connectivity index (χ1v) is 20.9. The molecule has 304 valence electrons. The summed E-state index contributed by atoms with van der Waals surface area (Å²) < 4.78 is 25.7. The van der Waals surface area contributed by atoms with E-state index in [-0.39, 0.29) is 48.8 Å². The average Bonchev–Trinajstić information content (AvgIpc) is 3.82. The number of alkyl carbamates (subject to hydrolysis) is 1. The Morgan fingerprint density at radius 3 is 2.34 bits per heavy atom. The third kappa shape index (κ3) is 7.57. The maximum absolute atomic E-state index is 14.6. The smallest absolute Gasteiger partial charge is 0.481 e. The van der Waals surface area contributed by atoms with E-state index in [9.17, 15) is 14.4 Å². The Kier molecular flexibility index (Phi) is 11.0. The monoisotopic (exact) mass is 786 g/mol. The van der Waals surface area contributed by atoms with Crippen LogP contribution in [0.4, 0.5) is 4.79 Å². The van der Waals surface area contributed by atoms with Gasteiger partial charge in [0.1, 0.15) is 30.5 Å². The number of carbonyl (C=O) groups excluding carboxylic acids is 3. The Morgan fingerprint density at radius 1 is 0.931 bits per heavy atom. The number of likely N-dealkylation sites (tertiary alicyclic amines) is 1. The highest BCUT2D eigenvalue weighted by Gasteiger charge is 2.68. The first-order chi connectivity index (χ1) is 27.8. The number of para-hydroxylation sites is 1. The molecule has 4 aromatic rings. The number of amides is 3. The molecule has 5 fully saturated rings. The summed E-state index contributed by atoms with van der Waals surface area (Å²) in [6.45, 7) is 12.7. The number of fused-ring (bicyclic) bond motifs is 1. The van der Waals surface area contributed by atoms with Crippen LogP contribution in [-0.2, 0) is 30.2 Å². The van der Waals surface area contributed by atoms with Crippen LogP contribution in [0.15, 0.2) is 91.0 Å². The van der Waals surface area contributed by atoms with Crippen LogP contribution >= 0.6 is 0 Å². The molecule has 3 saturated carbocycles. The number of pyridine rings is 1. The van der Waals surface area contributed by atoms with Gasteiger partial charge in [0.25, 0.3) is 0 Å². The van der Waals surface area contributed by atoms with Crippen LogP contribution in [0.25, 0.3) is 22.2 Å². The lowest BCUT2D eigenvalue weighted by Gasteiger charge is -2.64. The van der Waals surface area contributed by atoms with Crippen molar-refractivity contribution in [2.75, 3.05) is 6.54 Å². The van der Waals surface area contributed by atoms with Crippen LogP contribution in [0.2, 0.25) is 0 Å². The number of nitrogens with zero attached hydrogens (tertiary/aromatic N) is 2. The third-order valence-corrected chi connectivity index (χ3v) is 13.4. The number of ether oxygens (including phenoxy) is 2. The van der Waals surface area contributed by atoms with Gasteiger partial charge in [-0.3, -0.25) is 9.59 Å². The largest absolute Gasteiger partial charge is 0.488 e. The Bertz CT molecular complexity index is 2140. The molecule has 0 spiro atoms. The molecule has 2 bridgehead atoms. The molecule has 5 aliphatic rings. The molecule has 0 radical (unpaired) electrons. The van der Waals surface area contributed by atoms with E-state index in [1.54, 1.807) is 4.90 Å². The van der Waals surface area contributed by atoms with Crippen LogP contribution in [-0.4, -0.2) is 77.3 Å². The lowest BCUT2D eigenvalue weighted by atomic mass is 9.43. The summed E-state index contributed by atoms with van der Waals surface area (Å²) in [6.07, 6.45) is 1.60. The van der Waals surface area contributed by atoms with Crippen LogP contribution < -0.4 is 15.4 Å². The van der Waals surface area contributed by atoms with Crippen molar-refractivity contribution < 1.29 is 33.2 Å². The minimum absolute atomic E-state index is 0.0296. The highest BCUT2D eigenvalue weighted by Crippen LogP contribution is 2.65. The molecule has 58 heavy (non-hydrogen) atoms. The van der Waals surface area contributed by atoms with Crippen molar-refractivity contribution in [3.8, 4) is 17.0 Å². The van der Waals surface area contributed by atoms with Gasteiger partial charge in [-0.1, -0.05) is 107 Å². The molecule has 2 N–H and O–H groups in total. The molecule has 8 atom stereocenters. The summed E-state index contributed by atoms with van der Waals surface area (Å²) in [6, 6.07) is 27.1. The van der Waals surface area contributed by atoms with Crippen LogP contribution in [0.5, 0.6) is 5.75 Å². The number of benzene rings is 3. The molecular weight excluding hydrogens is 731 g/mol. The highest BCUT2D eigenvalue weighted by atomic mass is 16.7. The lowest BCUT2D eigenvalue weighted by Crippen LogP contribution is -2.65. The zero-order chi connectivity index (χ0) is 40.8. The molecule has 1 unspecified atom stereocenters. The Labute approximate surface area is 341 Å². The summed E-state index contributed by atoms with van der Waals surface area (Å²) in [7, 11) is -0.610. The third-order valence-electron chi connectivity index (χ3n) is 13.4. The van der Waals surface area contributed by atoms with E-state index in [2.05, 4.69) is 31.4 Å². The molecule has 3 aromatic carbocycles. The van der Waals surface area contributed by atoms with E-state index in [0.29, 0.717) is 24.0 Å². The lowest BCUT2D eigenvalue weighted by molar-refractivity contribution is -0.199. The molecule has 3 aliphatic carbocycles. The fourth-order valence-electron chi connectivity index (χ4n) is 9.85. The van der Waals surface area contributed by atoms with Crippen molar-refractivity contribution in [3.05, 3.63) is 96.6 Å². The van der Waals surface area contributed by atoms with Gasteiger partial charge in [-0.05, 0) is 67.1 Å². The van der Waals surface area contributed by atoms with Crippen molar-refractivity contribution in [2.24, 2.45) is 23.2 Å². The van der Waals surface area contributed by atoms with Gasteiger partial charge in [-0.25, -0.2) is 9.78 Å². The standard InChI is InChI=1S/C46H55BN4O7/c1-7-40(47-57-39-23-31-22-38(45(31,4)5)46(39,6)58-47)49-42(52)36-24-32(56-37-25-35(30-18-12-9-13-19-30)48-34-21-15-14-20-33(34)37)26-51(36)43(53)41(28(2)3)50-44(54)55-27-29-16-10-8-11-17-29/h8-21,25,28,31-32,36,38-41H,7,22-24,26-27H2,1-6H3,(H,49,52)(H,50,54)/t31-,32+,36-,38-,39?,40-,41-,46-/m0/s1. The summed E-state index contributed by atoms with van der Waals surface area (Å²) in [4.78, 5) is 48.8. The van der Waals surface area contributed by atoms with Gasteiger partial charge in [-0.2, -0.15) is 0 Å². The molecular formula is C46H55BN4O7. The normalized spacial score (nSPS) is 26.7. The zero-order valence-electron chi connectivity index (χ0n) is 34.4. The second-order valence-electron chi connectivity index (χ2n) is 17.7. The Morgan fingerprint density at radius 2 is 1.64 bits per heavy atom. The van der Waals surface area contributed by atoms with Gasteiger partial charge in [-0.15, -0.1) is 0 Å². The van der Waals surface area contributed by atoms with Gasteiger partial charge in [0.2, 0.25) is 11.8 Å². The Balaban J connectivity index is 1.04. The second kappa shape index (κ2) is 16.0. The Hall–Kier alpha value is -4.94. The molecule has 1 aromatic heterocycles. The number of hydrogen-bond donors (Lipinski definition) is 2. The number of rotatable bonds is 12. The SMILES string of the molecule is CC[C@H](NC(=O)[C@@H]1C[C@@H](Oc2cc(-c3ccccc3)nc3ccccc23)CN1C(=O)[C@@H](NC(=O)OCc1ccccc1)C(C)C)B1OC2C[C@@H]3C[C@@H](C3(C)C)[C@]2(C)O1. The van der Waals surface area contributed by atoms with Crippen LogP contribution in [0.3, 0.4) is 0 Å². The summed E-state index contributed by atoms with van der Waals surface area (Å²) in [5, 5.41) is 6.88. The second-order valence-corrected chi connectivity index (χ2v) is 17.7. The van der Waals surface area contributed by atoms with Crippen LogP contribution in [0.1, 0.15) is 72.8 Å².